The van der Waals surface area contributed by atoms with Gasteiger partial charge in [0.2, 0.25) is 0 Å². The van der Waals surface area contributed by atoms with Gasteiger partial charge < -0.3 is 9.47 Å². The number of rotatable bonds is 2. The fourth-order valence-electron chi connectivity index (χ4n) is 6.50. The number of allylic oxidation sites excluding steroid dienone is 3. The second-order valence-corrected chi connectivity index (χ2v) is 9.62. The fourth-order valence-corrected chi connectivity index (χ4v) is 7.47. The Kier molecular flexibility index (Phi) is 4.18. The minimum atomic E-state index is -0.310. The molecule has 0 radical (unpaired) electrons. The predicted molar refractivity (Wildman–Crippen MR) is 105 cm³/mol. The Bertz CT molecular complexity index is 658. The van der Waals surface area contributed by atoms with Crippen LogP contribution in [0.4, 0.5) is 0 Å². The van der Waals surface area contributed by atoms with Crippen molar-refractivity contribution in [1.82, 2.24) is 0 Å². The second-order valence-electron chi connectivity index (χ2n) is 8.54. The highest BCUT2D eigenvalue weighted by atomic mass is 127. The van der Waals surface area contributed by atoms with E-state index in [2.05, 4.69) is 28.7 Å². The van der Waals surface area contributed by atoms with Gasteiger partial charge >= 0.3 is 0 Å². The first kappa shape index (κ1) is 16.9. The number of hydrogen-bond acceptors (Lipinski definition) is 3. The summed E-state index contributed by atoms with van der Waals surface area (Å²) in [5.41, 5.74) is 4.78. The molecule has 5 aliphatic rings. The number of halogens is 1. The Morgan fingerprint density at radius 2 is 2.00 bits per heavy atom. The zero-order chi connectivity index (χ0) is 17.1. The first-order chi connectivity index (χ1) is 12.2. The molecule has 1 spiro atoms. The number of carbonyl (C=O) groups excluding carboxylic acids is 1. The summed E-state index contributed by atoms with van der Waals surface area (Å²) in [5, 5.41) is 0. The van der Waals surface area contributed by atoms with Crippen molar-refractivity contribution >= 4 is 28.4 Å². The molecular formula is C21H27IO3. The van der Waals surface area contributed by atoms with Crippen molar-refractivity contribution < 1.29 is 14.3 Å². The van der Waals surface area contributed by atoms with Crippen LogP contribution in [0.25, 0.3) is 0 Å². The van der Waals surface area contributed by atoms with Crippen molar-refractivity contribution in [3.8, 4) is 0 Å². The number of fused-ring (bicyclic) bond motifs is 4. The van der Waals surface area contributed by atoms with Gasteiger partial charge in [-0.15, -0.1) is 0 Å². The van der Waals surface area contributed by atoms with Crippen molar-refractivity contribution in [2.24, 2.45) is 17.3 Å². The molecule has 2 fully saturated rings. The van der Waals surface area contributed by atoms with E-state index in [0.717, 1.165) is 62.6 Å². The summed E-state index contributed by atoms with van der Waals surface area (Å²) in [6.45, 7) is 1.49. The van der Waals surface area contributed by atoms with E-state index in [1.807, 2.05) is 0 Å². The predicted octanol–water partition coefficient (Wildman–Crippen LogP) is 4.74. The summed E-state index contributed by atoms with van der Waals surface area (Å²) in [7, 11) is 0. The molecule has 0 aromatic rings. The Hall–Kier alpha value is -0.200. The van der Waals surface area contributed by atoms with Crippen LogP contribution in [-0.4, -0.2) is 29.2 Å². The maximum atomic E-state index is 12.8. The molecule has 1 saturated heterocycles. The third-order valence-corrected chi connectivity index (χ3v) is 8.18. The van der Waals surface area contributed by atoms with Gasteiger partial charge in [0, 0.05) is 29.1 Å². The Labute approximate surface area is 163 Å². The van der Waals surface area contributed by atoms with Crippen LogP contribution in [-0.2, 0) is 14.3 Å². The number of carbonyl (C=O) groups is 1. The number of ketones is 1. The molecule has 5 rings (SSSR count). The van der Waals surface area contributed by atoms with Crippen LogP contribution in [0, 0.1) is 17.3 Å². The van der Waals surface area contributed by atoms with E-state index in [0.29, 0.717) is 17.6 Å². The van der Waals surface area contributed by atoms with Gasteiger partial charge in [0.15, 0.2) is 5.79 Å². The minimum Gasteiger partial charge on any atom is -0.347 e. The molecule has 1 aliphatic heterocycles. The summed E-state index contributed by atoms with van der Waals surface area (Å²) in [6, 6.07) is 0. The van der Waals surface area contributed by atoms with Crippen LogP contribution < -0.4 is 0 Å². The summed E-state index contributed by atoms with van der Waals surface area (Å²) in [5.74, 6) is 1.47. The van der Waals surface area contributed by atoms with Gasteiger partial charge in [-0.05, 0) is 61.5 Å². The van der Waals surface area contributed by atoms with E-state index in [4.69, 9.17) is 9.47 Å². The Morgan fingerprint density at radius 3 is 2.80 bits per heavy atom. The Morgan fingerprint density at radius 1 is 1.16 bits per heavy atom. The van der Waals surface area contributed by atoms with E-state index in [1.54, 1.807) is 16.7 Å². The monoisotopic (exact) mass is 454 g/mol. The highest BCUT2D eigenvalue weighted by molar-refractivity contribution is 14.1. The van der Waals surface area contributed by atoms with Gasteiger partial charge in [-0.3, -0.25) is 4.79 Å². The third kappa shape index (κ3) is 2.46. The maximum Gasteiger partial charge on any atom is 0.172 e. The van der Waals surface area contributed by atoms with Crippen LogP contribution in [0.5, 0.6) is 0 Å². The number of alkyl halides is 1. The van der Waals surface area contributed by atoms with Gasteiger partial charge in [-0.25, -0.2) is 0 Å². The highest BCUT2D eigenvalue weighted by Crippen LogP contribution is 2.60. The van der Waals surface area contributed by atoms with Gasteiger partial charge in [0.1, 0.15) is 5.78 Å². The SMILES string of the molecule is O=C1CCC2C3CCC4=C(CCC5(C4)OCCO5)C3=CC[C@]12CCI. The van der Waals surface area contributed by atoms with Crippen LogP contribution in [0.2, 0.25) is 0 Å². The minimum absolute atomic E-state index is 0.0268. The normalized spacial score (nSPS) is 39.2. The van der Waals surface area contributed by atoms with Gasteiger partial charge in [0.05, 0.1) is 13.2 Å². The summed E-state index contributed by atoms with van der Waals surface area (Å²) < 4.78 is 13.1. The molecule has 0 bridgehead atoms. The molecule has 3 nitrogen and oxygen atoms in total. The maximum absolute atomic E-state index is 12.8. The average Bonchev–Trinajstić information content (AvgIpc) is 3.20. The summed E-state index contributed by atoms with van der Waals surface area (Å²) >= 11 is 2.46. The topological polar surface area (TPSA) is 35.5 Å². The number of ether oxygens (including phenoxy) is 2. The molecule has 25 heavy (non-hydrogen) atoms. The lowest BCUT2D eigenvalue weighted by Gasteiger charge is -2.47. The zero-order valence-electron chi connectivity index (χ0n) is 14.8. The van der Waals surface area contributed by atoms with E-state index < -0.39 is 0 Å². The molecule has 0 aromatic carbocycles. The quantitative estimate of drug-likeness (QED) is 0.447. The molecule has 2 unspecified atom stereocenters. The highest BCUT2D eigenvalue weighted by Gasteiger charge is 2.55. The van der Waals surface area contributed by atoms with Crippen LogP contribution in [0.1, 0.15) is 57.8 Å². The lowest BCUT2D eigenvalue weighted by atomic mass is 9.57. The number of Topliss-reactive ketones (excluding diaryl/α,β-unsaturated/α-hetero) is 1. The number of hydrogen-bond donors (Lipinski definition) is 0. The van der Waals surface area contributed by atoms with Crippen molar-refractivity contribution in [3.63, 3.8) is 0 Å². The van der Waals surface area contributed by atoms with Crippen molar-refractivity contribution in [3.05, 3.63) is 22.8 Å². The molecule has 136 valence electrons. The van der Waals surface area contributed by atoms with Gasteiger partial charge in [0.25, 0.3) is 0 Å². The standard InChI is InChI=1S/C21H27IO3/c22-10-9-20-7-5-16-15-6-8-21(24-11-12-25-21)13-14(15)1-2-17(16)18(20)3-4-19(20)23/h5,17-18H,1-4,6-13H2/t17?,18?,20-/m1/s1. The average molecular weight is 454 g/mol. The lowest BCUT2D eigenvalue weighted by Crippen LogP contribution is -2.42. The van der Waals surface area contributed by atoms with E-state index >= 15 is 0 Å². The molecule has 0 aromatic heterocycles. The largest absolute Gasteiger partial charge is 0.347 e. The first-order valence-electron chi connectivity index (χ1n) is 9.96. The third-order valence-electron chi connectivity index (χ3n) is 7.64. The zero-order valence-corrected chi connectivity index (χ0v) is 17.0. The molecule has 1 saturated carbocycles. The van der Waals surface area contributed by atoms with E-state index in [-0.39, 0.29) is 11.2 Å². The summed E-state index contributed by atoms with van der Waals surface area (Å²) in [4.78, 5) is 12.8. The van der Waals surface area contributed by atoms with Crippen LogP contribution in [0.3, 0.4) is 0 Å². The van der Waals surface area contributed by atoms with Crippen molar-refractivity contribution in [2.75, 3.05) is 17.6 Å². The summed E-state index contributed by atoms with van der Waals surface area (Å²) in [6.07, 6.45) is 11.9. The molecule has 3 atom stereocenters. The smallest absolute Gasteiger partial charge is 0.172 e. The lowest BCUT2D eigenvalue weighted by molar-refractivity contribution is -0.164. The van der Waals surface area contributed by atoms with Crippen molar-refractivity contribution in [2.45, 2.75) is 63.6 Å². The van der Waals surface area contributed by atoms with E-state index in [1.165, 1.54) is 12.8 Å². The molecular weight excluding hydrogens is 427 g/mol. The van der Waals surface area contributed by atoms with Crippen LogP contribution >= 0.6 is 22.6 Å². The molecule has 0 amide bonds. The molecule has 4 aliphatic carbocycles. The second kappa shape index (κ2) is 6.16. The van der Waals surface area contributed by atoms with E-state index in [9.17, 15) is 4.79 Å². The molecule has 0 N–H and O–H groups in total. The molecule has 1 heterocycles. The van der Waals surface area contributed by atoms with Crippen molar-refractivity contribution in [1.29, 1.82) is 0 Å². The molecule has 4 heteroatoms. The first-order valence-corrected chi connectivity index (χ1v) is 11.5. The van der Waals surface area contributed by atoms with Crippen LogP contribution in [0.15, 0.2) is 22.8 Å². The van der Waals surface area contributed by atoms with Gasteiger partial charge in [-0.2, -0.15) is 0 Å². The van der Waals surface area contributed by atoms with Gasteiger partial charge in [-0.1, -0.05) is 34.2 Å². The Balaban J connectivity index is 1.48. The fraction of sp³-hybridized carbons (Fsp3) is 0.762.